The second kappa shape index (κ2) is 11.1. The minimum atomic E-state index is -1.18. The van der Waals surface area contributed by atoms with Crippen LogP contribution in [0.1, 0.15) is 31.0 Å². The molecule has 0 fully saturated rings. The van der Waals surface area contributed by atoms with E-state index in [-0.39, 0.29) is 28.0 Å². The number of rotatable bonds is 7. The topological polar surface area (TPSA) is 107 Å². The molecule has 0 bridgehead atoms. The predicted molar refractivity (Wildman–Crippen MR) is 141 cm³/mol. The van der Waals surface area contributed by atoms with Gasteiger partial charge in [0.25, 0.3) is 5.56 Å². The third-order valence-electron chi connectivity index (χ3n) is 5.38. The minimum absolute atomic E-state index is 0.0257. The second-order valence-electron chi connectivity index (χ2n) is 7.82. The van der Waals surface area contributed by atoms with Crippen LogP contribution in [0.4, 0.5) is 0 Å². The number of carbonyl (C=O) groups is 2. The van der Waals surface area contributed by atoms with Gasteiger partial charge in [0.15, 0.2) is 17.2 Å². The third kappa shape index (κ3) is 5.45. The van der Waals surface area contributed by atoms with Crippen LogP contribution in [0, 0.1) is 0 Å². The van der Waals surface area contributed by atoms with Crippen molar-refractivity contribution < 1.29 is 24.2 Å². The molecule has 2 aromatic carbocycles. The van der Waals surface area contributed by atoms with Crippen molar-refractivity contribution >= 4 is 64.2 Å². The minimum Gasteiger partial charge on any atom is -0.479 e. The predicted octanol–water partition coefficient (Wildman–Crippen LogP) is 4.22. The number of carboxylic acids is 1. The second-order valence-corrected chi connectivity index (χ2v) is 10.1. The Balaban J connectivity index is 1.88. The summed E-state index contributed by atoms with van der Waals surface area (Å²) in [5, 5.41) is 9.39. The smallest absolute Gasteiger partial charge is 0.341 e. The molecule has 0 amide bonds. The van der Waals surface area contributed by atoms with E-state index >= 15 is 0 Å². The van der Waals surface area contributed by atoms with Crippen LogP contribution in [0.3, 0.4) is 0 Å². The largest absolute Gasteiger partial charge is 0.479 e. The molecule has 2 heterocycles. The molecule has 0 saturated carbocycles. The van der Waals surface area contributed by atoms with Gasteiger partial charge in [0, 0.05) is 5.02 Å². The van der Waals surface area contributed by atoms with Crippen LogP contribution in [0.2, 0.25) is 15.1 Å². The molecular weight excluding hydrogens is 563 g/mol. The highest BCUT2D eigenvalue weighted by atomic mass is 35.5. The van der Waals surface area contributed by atoms with E-state index in [2.05, 4.69) is 4.99 Å². The Bertz CT molecular complexity index is 1600. The number of carboxylic acid groups (broad SMARTS) is 1. The standard InChI is InChI=1S/C25H19Cl3N2O6S/c1-3-35-24(34)20-12(2)29-25-30(21(20)14-6-4-5-7-15(14)26)23(33)18(37-25)10-13-8-16(27)22(17(28)9-13)36-11-19(31)32/h4-10,21H,3,11H2,1-2H3,(H,31,32)/b18-10+/t21-/m1/s1. The fourth-order valence-electron chi connectivity index (χ4n) is 3.87. The number of aliphatic carboxylic acids is 1. The molecule has 4 rings (SSSR count). The molecule has 1 atom stereocenters. The van der Waals surface area contributed by atoms with Gasteiger partial charge in [-0.2, -0.15) is 0 Å². The monoisotopic (exact) mass is 580 g/mol. The number of hydrogen-bond donors (Lipinski definition) is 1. The first-order chi connectivity index (χ1) is 17.6. The van der Waals surface area contributed by atoms with E-state index < -0.39 is 30.1 Å². The molecule has 0 radical (unpaired) electrons. The highest BCUT2D eigenvalue weighted by Crippen LogP contribution is 2.35. The maximum absolute atomic E-state index is 13.7. The molecule has 192 valence electrons. The molecule has 1 aliphatic rings. The van der Waals surface area contributed by atoms with Crippen molar-refractivity contribution in [2.45, 2.75) is 19.9 Å². The van der Waals surface area contributed by atoms with Crippen LogP contribution < -0.4 is 19.6 Å². The van der Waals surface area contributed by atoms with Gasteiger partial charge in [0.05, 0.1) is 32.5 Å². The Morgan fingerprint density at radius 3 is 2.46 bits per heavy atom. The first kappa shape index (κ1) is 26.9. The Hall–Kier alpha value is -3.11. The van der Waals surface area contributed by atoms with Crippen molar-refractivity contribution in [3.05, 3.63) is 93.6 Å². The van der Waals surface area contributed by atoms with Gasteiger partial charge in [-0.25, -0.2) is 14.6 Å². The number of benzene rings is 2. The number of allylic oxidation sites excluding steroid dienone is 1. The number of hydrogen-bond acceptors (Lipinski definition) is 7. The van der Waals surface area contributed by atoms with Crippen LogP contribution in [0.25, 0.3) is 6.08 Å². The Morgan fingerprint density at radius 1 is 1.16 bits per heavy atom. The molecular formula is C25H19Cl3N2O6S. The van der Waals surface area contributed by atoms with E-state index in [1.54, 1.807) is 44.2 Å². The average Bonchev–Trinajstić information content (AvgIpc) is 3.12. The Labute approximate surface area is 229 Å². The number of fused-ring (bicyclic) bond motifs is 1. The van der Waals surface area contributed by atoms with Crippen molar-refractivity contribution in [1.82, 2.24) is 4.57 Å². The summed E-state index contributed by atoms with van der Waals surface area (Å²) in [5.41, 5.74) is 1.28. The average molecular weight is 582 g/mol. The number of aromatic nitrogens is 1. The normalized spacial score (nSPS) is 15.3. The van der Waals surface area contributed by atoms with Crippen LogP contribution in [-0.2, 0) is 14.3 Å². The van der Waals surface area contributed by atoms with Crippen molar-refractivity contribution in [3.8, 4) is 5.75 Å². The zero-order chi connectivity index (χ0) is 26.9. The summed E-state index contributed by atoms with van der Waals surface area (Å²) in [7, 11) is 0. The zero-order valence-corrected chi connectivity index (χ0v) is 22.5. The molecule has 37 heavy (non-hydrogen) atoms. The lowest BCUT2D eigenvalue weighted by molar-refractivity contribution is -0.140. The number of carbonyl (C=O) groups excluding carboxylic acids is 1. The third-order valence-corrected chi connectivity index (χ3v) is 7.26. The molecule has 1 N–H and O–H groups in total. The Morgan fingerprint density at radius 2 is 1.84 bits per heavy atom. The number of halogens is 3. The highest BCUT2D eigenvalue weighted by Gasteiger charge is 2.34. The first-order valence-corrected chi connectivity index (χ1v) is 12.8. The molecule has 1 aliphatic heterocycles. The lowest BCUT2D eigenvalue weighted by Crippen LogP contribution is -2.40. The van der Waals surface area contributed by atoms with E-state index in [4.69, 9.17) is 49.4 Å². The Kier molecular flexibility index (Phi) is 8.08. The van der Waals surface area contributed by atoms with Gasteiger partial charge in [-0.1, -0.05) is 64.3 Å². The van der Waals surface area contributed by atoms with Gasteiger partial charge in [-0.15, -0.1) is 0 Å². The van der Waals surface area contributed by atoms with Crippen molar-refractivity contribution in [2.24, 2.45) is 4.99 Å². The molecule has 1 aromatic heterocycles. The van der Waals surface area contributed by atoms with Gasteiger partial charge in [0.1, 0.15) is 6.04 Å². The van der Waals surface area contributed by atoms with Gasteiger partial charge < -0.3 is 14.6 Å². The van der Waals surface area contributed by atoms with E-state index in [0.29, 0.717) is 31.2 Å². The van der Waals surface area contributed by atoms with E-state index in [9.17, 15) is 14.4 Å². The summed E-state index contributed by atoms with van der Waals surface area (Å²) in [6.45, 7) is 2.93. The molecule has 0 spiro atoms. The molecule has 0 unspecified atom stereocenters. The summed E-state index contributed by atoms with van der Waals surface area (Å²) in [6.07, 6.45) is 1.58. The fourth-order valence-corrected chi connectivity index (χ4v) is 5.77. The number of ether oxygens (including phenoxy) is 2. The van der Waals surface area contributed by atoms with Crippen LogP contribution in [0.5, 0.6) is 5.75 Å². The SMILES string of the molecule is CCOC(=O)C1=C(C)N=c2s/c(=C/c3cc(Cl)c(OCC(=O)O)c(Cl)c3)c(=O)n2[C@@H]1c1ccccc1Cl. The number of nitrogens with zero attached hydrogens (tertiary/aromatic N) is 2. The maximum atomic E-state index is 13.7. The van der Waals surface area contributed by atoms with E-state index in [1.807, 2.05) is 0 Å². The molecule has 0 aliphatic carbocycles. The summed E-state index contributed by atoms with van der Waals surface area (Å²) in [4.78, 5) is 42.3. The van der Waals surface area contributed by atoms with Gasteiger partial charge in [-0.3, -0.25) is 9.36 Å². The number of esters is 1. The highest BCUT2D eigenvalue weighted by molar-refractivity contribution is 7.07. The zero-order valence-electron chi connectivity index (χ0n) is 19.5. The summed E-state index contributed by atoms with van der Waals surface area (Å²) in [5.74, 6) is -1.74. The van der Waals surface area contributed by atoms with Gasteiger partial charge in [0.2, 0.25) is 0 Å². The van der Waals surface area contributed by atoms with Crippen LogP contribution in [0.15, 0.2) is 57.5 Å². The van der Waals surface area contributed by atoms with Gasteiger partial charge in [-0.05, 0) is 49.2 Å². The van der Waals surface area contributed by atoms with Crippen molar-refractivity contribution in [3.63, 3.8) is 0 Å². The van der Waals surface area contributed by atoms with Crippen molar-refractivity contribution in [1.29, 1.82) is 0 Å². The van der Waals surface area contributed by atoms with E-state index in [0.717, 1.165) is 11.3 Å². The fraction of sp³-hybridized carbons (Fsp3) is 0.200. The molecule has 3 aromatic rings. The summed E-state index contributed by atoms with van der Waals surface area (Å²) >= 11 is 20.1. The van der Waals surface area contributed by atoms with E-state index in [1.165, 1.54) is 16.7 Å². The van der Waals surface area contributed by atoms with Gasteiger partial charge >= 0.3 is 11.9 Å². The summed E-state index contributed by atoms with van der Waals surface area (Å²) in [6, 6.07) is 9.12. The molecule has 8 nitrogen and oxygen atoms in total. The lowest BCUT2D eigenvalue weighted by Gasteiger charge is -2.25. The quantitative estimate of drug-likeness (QED) is 0.419. The van der Waals surface area contributed by atoms with Crippen LogP contribution >= 0.6 is 46.1 Å². The first-order valence-electron chi connectivity index (χ1n) is 10.9. The van der Waals surface area contributed by atoms with Crippen molar-refractivity contribution in [2.75, 3.05) is 13.2 Å². The van der Waals surface area contributed by atoms with Crippen LogP contribution in [-0.4, -0.2) is 34.8 Å². The number of thiazole rings is 1. The molecule has 12 heteroatoms. The maximum Gasteiger partial charge on any atom is 0.341 e. The molecule has 0 saturated heterocycles. The summed E-state index contributed by atoms with van der Waals surface area (Å²) < 4.78 is 12.1. The lowest BCUT2D eigenvalue weighted by atomic mass is 9.96.